The van der Waals surface area contributed by atoms with Gasteiger partial charge >= 0.3 is 6.36 Å². The third kappa shape index (κ3) is 7.50. The smallest absolute Gasteiger partial charge is 0.406 e. The van der Waals surface area contributed by atoms with Crippen LogP contribution in [0.1, 0.15) is 18.5 Å². The van der Waals surface area contributed by atoms with Gasteiger partial charge in [0.15, 0.2) is 0 Å². The van der Waals surface area contributed by atoms with Gasteiger partial charge in [-0.1, -0.05) is 12.1 Å². The number of ether oxygens (including phenoxy) is 1. The summed E-state index contributed by atoms with van der Waals surface area (Å²) < 4.78 is 40.0. The fourth-order valence-electron chi connectivity index (χ4n) is 1.90. The summed E-state index contributed by atoms with van der Waals surface area (Å²) in [5.41, 5.74) is 5.63. The zero-order chi connectivity index (χ0) is 17.6. The molecule has 0 saturated heterocycles. The van der Waals surface area contributed by atoms with E-state index in [1.54, 1.807) is 14.0 Å². The first-order valence-electron chi connectivity index (χ1n) is 6.68. The molecule has 1 atom stereocenters. The van der Waals surface area contributed by atoms with Crippen LogP contribution >= 0.6 is 0 Å². The van der Waals surface area contributed by atoms with Crippen molar-refractivity contribution in [2.75, 3.05) is 20.1 Å². The number of alkyl halides is 3. The molecule has 0 aliphatic heterocycles. The first-order valence-corrected chi connectivity index (χ1v) is 6.68. The highest BCUT2D eigenvalue weighted by Gasteiger charge is 2.31. The molecule has 1 aromatic carbocycles. The molecular formula is C14H18F3N3O3. The van der Waals surface area contributed by atoms with E-state index in [2.05, 4.69) is 10.1 Å². The summed E-state index contributed by atoms with van der Waals surface area (Å²) >= 11 is 0. The molecule has 0 bridgehead atoms. The molecule has 3 N–H and O–H groups in total. The number of amides is 2. The summed E-state index contributed by atoms with van der Waals surface area (Å²) in [6.45, 7) is 1.61. The van der Waals surface area contributed by atoms with E-state index in [0.29, 0.717) is 5.56 Å². The van der Waals surface area contributed by atoms with Gasteiger partial charge in [-0.15, -0.1) is 13.2 Å². The molecule has 2 amide bonds. The summed E-state index contributed by atoms with van der Waals surface area (Å²) in [5.74, 6) is -1.22. The van der Waals surface area contributed by atoms with Crippen molar-refractivity contribution in [1.82, 2.24) is 10.2 Å². The molecular weight excluding hydrogens is 315 g/mol. The maximum absolute atomic E-state index is 12.1. The topological polar surface area (TPSA) is 84.7 Å². The molecule has 0 spiro atoms. The molecule has 0 aromatic heterocycles. The normalized spacial score (nSPS) is 12.8. The molecule has 0 aliphatic rings. The summed E-state index contributed by atoms with van der Waals surface area (Å²) in [4.78, 5) is 24.0. The number of nitrogens with one attached hydrogen (secondary N) is 1. The molecule has 1 aromatic rings. The average molecular weight is 333 g/mol. The van der Waals surface area contributed by atoms with Gasteiger partial charge in [-0.05, 0) is 31.7 Å². The first-order chi connectivity index (χ1) is 10.6. The quantitative estimate of drug-likeness (QED) is 0.785. The minimum absolute atomic E-state index is 0.0252. The Kier molecular flexibility index (Phi) is 6.38. The minimum atomic E-state index is -4.74. The van der Waals surface area contributed by atoms with E-state index < -0.39 is 18.3 Å². The third-order valence-corrected chi connectivity index (χ3v) is 2.83. The number of carbonyl (C=O) groups excluding carboxylic acids is 2. The van der Waals surface area contributed by atoms with Crippen LogP contribution in [0.2, 0.25) is 0 Å². The fraction of sp³-hybridized carbons (Fsp3) is 0.429. The van der Waals surface area contributed by atoms with Crippen molar-refractivity contribution in [2.24, 2.45) is 5.73 Å². The predicted octanol–water partition coefficient (Wildman–Crippen LogP) is 1.18. The second-order valence-corrected chi connectivity index (χ2v) is 5.04. The molecule has 0 heterocycles. The Morgan fingerprint density at radius 1 is 1.26 bits per heavy atom. The molecule has 9 heteroatoms. The molecule has 0 aliphatic carbocycles. The Balaban J connectivity index is 2.55. The standard InChI is InChI=1S/C14H18F3N3O3/c1-9(19-13(22)8-20(2)7-12(18)21)10-3-5-11(6-4-10)23-14(15,16)17/h3-6,9H,7-8H2,1-2H3,(H2,18,21)(H,19,22)/t9-/m0/s1. The fourth-order valence-corrected chi connectivity index (χ4v) is 1.90. The number of hydrogen-bond acceptors (Lipinski definition) is 4. The van der Waals surface area contributed by atoms with Crippen molar-refractivity contribution in [3.63, 3.8) is 0 Å². The van der Waals surface area contributed by atoms with Gasteiger partial charge < -0.3 is 15.8 Å². The number of benzene rings is 1. The van der Waals surface area contributed by atoms with Crippen LogP contribution in [0.25, 0.3) is 0 Å². The lowest BCUT2D eigenvalue weighted by atomic mass is 10.1. The van der Waals surface area contributed by atoms with Crippen molar-refractivity contribution < 1.29 is 27.5 Å². The number of halogens is 3. The zero-order valence-corrected chi connectivity index (χ0v) is 12.7. The SMILES string of the molecule is C[C@H](NC(=O)CN(C)CC(N)=O)c1ccc(OC(F)(F)F)cc1. The van der Waals surface area contributed by atoms with E-state index in [9.17, 15) is 22.8 Å². The molecule has 1 rings (SSSR count). The van der Waals surface area contributed by atoms with E-state index in [1.807, 2.05) is 0 Å². The van der Waals surface area contributed by atoms with E-state index in [0.717, 1.165) is 0 Å². The predicted molar refractivity (Wildman–Crippen MR) is 76.4 cm³/mol. The highest BCUT2D eigenvalue weighted by Crippen LogP contribution is 2.24. The number of likely N-dealkylation sites (N-methyl/N-ethyl adjacent to an activating group) is 1. The van der Waals surface area contributed by atoms with Crippen LogP contribution in [0.15, 0.2) is 24.3 Å². The van der Waals surface area contributed by atoms with Gasteiger partial charge in [0.1, 0.15) is 5.75 Å². The van der Waals surface area contributed by atoms with Gasteiger partial charge in [0.2, 0.25) is 11.8 Å². The van der Waals surface area contributed by atoms with Gasteiger partial charge in [0.05, 0.1) is 19.1 Å². The lowest BCUT2D eigenvalue weighted by Crippen LogP contribution is -2.39. The second kappa shape index (κ2) is 7.82. The monoisotopic (exact) mass is 333 g/mol. The van der Waals surface area contributed by atoms with Crippen LogP contribution in [0, 0.1) is 0 Å². The molecule has 0 radical (unpaired) electrons. The number of nitrogens with zero attached hydrogens (tertiary/aromatic N) is 1. The molecule has 23 heavy (non-hydrogen) atoms. The van der Waals surface area contributed by atoms with Crippen molar-refractivity contribution in [3.05, 3.63) is 29.8 Å². The van der Waals surface area contributed by atoms with Crippen LogP contribution in [0.5, 0.6) is 5.75 Å². The Morgan fingerprint density at radius 3 is 2.30 bits per heavy atom. The van der Waals surface area contributed by atoms with Crippen molar-refractivity contribution in [2.45, 2.75) is 19.3 Å². The van der Waals surface area contributed by atoms with Crippen LogP contribution < -0.4 is 15.8 Å². The van der Waals surface area contributed by atoms with E-state index in [-0.39, 0.29) is 24.7 Å². The average Bonchev–Trinajstić information content (AvgIpc) is 2.35. The lowest BCUT2D eigenvalue weighted by molar-refractivity contribution is -0.274. The lowest BCUT2D eigenvalue weighted by Gasteiger charge is -2.18. The summed E-state index contributed by atoms with van der Waals surface area (Å²) in [6.07, 6.45) is -4.74. The highest BCUT2D eigenvalue weighted by molar-refractivity contribution is 5.80. The molecule has 0 saturated carbocycles. The van der Waals surface area contributed by atoms with Crippen molar-refractivity contribution in [1.29, 1.82) is 0 Å². The molecule has 0 fully saturated rings. The Labute approximate surface area is 131 Å². The highest BCUT2D eigenvalue weighted by atomic mass is 19.4. The zero-order valence-electron chi connectivity index (χ0n) is 12.7. The summed E-state index contributed by atoms with van der Waals surface area (Å²) in [5, 5.41) is 2.67. The number of rotatable bonds is 7. The van der Waals surface area contributed by atoms with Gasteiger partial charge in [-0.2, -0.15) is 0 Å². The molecule has 0 unspecified atom stereocenters. The molecule has 6 nitrogen and oxygen atoms in total. The maximum Gasteiger partial charge on any atom is 0.573 e. The van der Waals surface area contributed by atoms with Crippen LogP contribution in [-0.4, -0.2) is 43.2 Å². The summed E-state index contributed by atoms with van der Waals surface area (Å²) in [7, 11) is 1.57. The van der Waals surface area contributed by atoms with Crippen LogP contribution in [0.3, 0.4) is 0 Å². The number of hydrogen-bond donors (Lipinski definition) is 2. The minimum Gasteiger partial charge on any atom is -0.406 e. The van der Waals surface area contributed by atoms with Crippen LogP contribution in [0.4, 0.5) is 13.2 Å². The first kappa shape index (κ1) is 18.8. The van der Waals surface area contributed by atoms with Crippen LogP contribution in [-0.2, 0) is 9.59 Å². The Bertz CT molecular complexity index is 546. The largest absolute Gasteiger partial charge is 0.573 e. The van der Waals surface area contributed by atoms with Crippen molar-refractivity contribution in [3.8, 4) is 5.75 Å². The van der Waals surface area contributed by atoms with Crippen molar-refractivity contribution >= 4 is 11.8 Å². The maximum atomic E-state index is 12.1. The Hall–Kier alpha value is -2.29. The van der Waals surface area contributed by atoms with Gasteiger partial charge in [0, 0.05) is 0 Å². The molecule has 128 valence electrons. The van der Waals surface area contributed by atoms with E-state index in [1.165, 1.54) is 29.2 Å². The Morgan fingerprint density at radius 2 is 1.83 bits per heavy atom. The van der Waals surface area contributed by atoms with Gasteiger partial charge in [-0.3, -0.25) is 14.5 Å². The number of carbonyl (C=O) groups is 2. The second-order valence-electron chi connectivity index (χ2n) is 5.04. The number of nitrogens with two attached hydrogens (primary N) is 1. The van der Waals surface area contributed by atoms with E-state index >= 15 is 0 Å². The van der Waals surface area contributed by atoms with E-state index in [4.69, 9.17) is 5.73 Å². The summed E-state index contributed by atoms with van der Waals surface area (Å²) in [6, 6.07) is 4.79. The van der Waals surface area contributed by atoms with Gasteiger partial charge in [0.25, 0.3) is 0 Å². The third-order valence-electron chi connectivity index (χ3n) is 2.83. The van der Waals surface area contributed by atoms with Gasteiger partial charge in [-0.25, -0.2) is 0 Å². The number of primary amides is 1.